The van der Waals surface area contributed by atoms with Gasteiger partial charge in [-0.25, -0.2) is 0 Å². The lowest BCUT2D eigenvalue weighted by molar-refractivity contribution is -0.121. The molecule has 1 heterocycles. The van der Waals surface area contributed by atoms with Gasteiger partial charge in [0.2, 0.25) is 5.91 Å². The molecular formula is C20H21NO3S. The van der Waals surface area contributed by atoms with Gasteiger partial charge in [0.15, 0.2) is 5.78 Å². The van der Waals surface area contributed by atoms with Crippen molar-refractivity contribution in [3.05, 3.63) is 59.2 Å². The minimum Gasteiger partial charge on any atom is -0.496 e. The average Bonchev–Trinajstić information content (AvgIpc) is 2.62. The number of hydrogen-bond acceptors (Lipinski definition) is 4. The fourth-order valence-electron chi connectivity index (χ4n) is 3.05. The maximum absolute atomic E-state index is 12.6. The second kappa shape index (κ2) is 7.74. The van der Waals surface area contributed by atoms with E-state index in [1.165, 1.54) is 17.4 Å². The molecule has 0 bridgehead atoms. The van der Waals surface area contributed by atoms with E-state index in [1.54, 1.807) is 25.3 Å². The van der Waals surface area contributed by atoms with E-state index in [9.17, 15) is 9.59 Å². The number of thioether (sulfide) groups is 1. The molecule has 1 aliphatic rings. The zero-order valence-corrected chi connectivity index (χ0v) is 15.2. The number of ether oxygens (including phenoxy) is 1. The molecule has 1 aliphatic heterocycles. The Morgan fingerprint density at radius 3 is 2.80 bits per heavy atom. The number of rotatable bonds is 5. The summed E-state index contributed by atoms with van der Waals surface area (Å²) in [6, 6.07) is 13.4. The van der Waals surface area contributed by atoms with Crippen molar-refractivity contribution in [3.63, 3.8) is 0 Å². The van der Waals surface area contributed by atoms with Gasteiger partial charge < -0.3 is 10.1 Å². The molecule has 0 fully saturated rings. The molecule has 0 saturated heterocycles. The average molecular weight is 355 g/mol. The molecule has 2 aromatic carbocycles. The fraction of sp³-hybridized carbons (Fsp3) is 0.300. The lowest BCUT2D eigenvalue weighted by atomic mass is 10.0. The van der Waals surface area contributed by atoms with Crippen LogP contribution >= 0.6 is 11.8 Å². The van der Waals surface area contributed by atoms with Crippen LogP contribution in [0.2, 0.25) is 0 Å². The van der Waals surface area contributed by atoms with E-state index in [4.69, 9.17) is 4.74 Å². The smallest absolute Gasteiger partial charge is 0.225 e. The van der Waals surface area contributed by atoms with Crippen LogP contribution in [0.15, 0.2) is 47.4 Å². The Bertz CT molecular complexity index is 803. The number of benzene rings is 2. The third-order valence-electron chi connectivity index (χ3n) is 4.33. The molecule has 0 unspecified atom stereocenters. The molecule has 0 aromatic heterocycles. The highest BCUT2D eigenvalue weighted by Crippen LogP contribution is 2.35. The Hall–Kier alpha value is -2.27. The monoisotopic (exact) mass is 355 g/mol. The van der Waals surface area contributed by atoms with E-state index in [0.717, 1.165) is 17.7 Å². The Kier molecular flexibility index (Phi) is 5.43. The summed E-state index contributed by atoms with van der Waals surface area (Å²) in [6.45, 7) is 1.52. The van der Waals surface area contributed by atoms with E-state index in [0.29, 0.717) is 11.3 Å². The van der Waals surface area contributed by atoms with E-state index in [2.05, 4.69) is 17.4 Å². The summed E-state index contributed by atoms with van der Waals surface area (Å²) >= 11 is 1.83. The normalized spacial score (nSPS) is 16.0. The zero-order chi connectivity index (χ0) is 17.8. The van der Waals surface area contributed by atoms with E-state index >= 15 is 0 Å². The van der Waals surface area contributed by atoms with Crippen molar-refractivity contribution < 1.29 is 14.3 Å². The molecule has 0 aliphatic carbocycles. The summed E-state index contributed by atoms with van der Waals surface area (Å²) in [7, 11) is 1.57. The molecule has 25 heavy (non-hydrogen) atoms. The lowest BCUT2D eigenvalue weighted by Crippen LogP contribution is -2.31. The number of carbonyl (C=O) groups excluding carboxylic acids is 2. The molecule has 5 heteroatoms. The van der Waals surface area contributed by atoms with Crippen molar-refractivity contribution in [3.8, 4) is 5.75 Å². The molecule has 0 saturated carbocycles. The molecule has 0 radical (unpaired) electrons. The number of ketones is 1. The summed E-state index contributed by atoms with van der Waals surface area (Å²) in [5, 5.41) is 3.13. The van der Waals surface area contributed by atoms with Crippen LogP contribution < -0.4 is 10.1 Å². The van der Waals surface area contributed by atoms with Gasteiger partial charge in [0.05, 0.1) is 19.6 Å². The molecule has 4 nitrogen and oxygen atoms in total. The zero-order valence-electron chi connectivity index (χ0n) is 14.4. The molecular weight excluding hydrogens is 334 g/mol. The molecule has 3 rings (SSSR count). The highest BCUT2D eigenvalue weighted by Gasteiger charge is 2.22. The predicted octanol–water partition coefficient (Wildman–Crippen LogP) is 3.79. The maximum atomic E-state index is 12.6. The van der Waals surface area contributed by atoms with Gasteiger partial charge in [-0.05, 0) is 43.2 Å². The van der Waals surface area contributed by atoms with Gasteiger partial charge in [0.25, 0.3) is 0 Å². The second-order valence-corrected chi connectivity index (χ2v) is 7.19. The third kappa shape index (κ3) is 4.04. The van der Waals surface area contributed by atoms with Crippen LogP contribution in [0.5, 0.6) is 5.75 Å². The van der Waals surface area contributed by atoms with Gasteiger partial charge in [0, 0.05) is 21.8 Å². The van der Waals surface area contributed by atoms with Crippen molar-refractivity contribution >= 4 is 23.5 Å². The van der Waals surface area contributed by atoms with E-state index < -0.39 is 0 Å². The largest absolute Gasteiger partial charge is 0.496 e. The number of nitrogens with one attached hydrogen (secondary N) is 1. The number of hydrogen-bond donors (Lipinski definition) is 1. The summed E-state index contributed by atoms with van der Waals surface area (Å²) < 4.78 is 5.33. The van der Waals surface area contributed by atoms with E-state index in [-0.39, 0.29) is 24.2 Å². The number of amides is 1. The van der Waals surface area contributed by atoms with Crippen LogP contribution in [-0.2, 0) is 11.2 Å². The van der Waals surface area contributed by atoms with Crippen LogP contribution in [0.25, 0.3) is 0 Å². The first-order valence-corrected chi connectivity index (χ1v) is 9.26. The van der Waals surface area contributed by atoms with Crippen molar-refractivity contribution in [1.82, 2.24) is 5.32 Å². The predicted molar refractivity (Wildman–Crippen MR) is 99.4 cm³/mol. The van der Waals surface area contributed by atoms with Crippen LogP contribution in [0, 0.1) is 0 Å². The second-order valence-electron chi connectivity index (χ2n) is 6.05. The minimum absolute atomic E-state index is 0.0254. The Morgan fingerprint density at radius 1 is 1.24 bits per heavy atom. The van der Waals surface area contributed by atoms with Crippen molar-refractivity contribution in [1.29, 1.82) is 0 Å². The SMILES string of the molecule is COc1ccc(C(C)=O)cc1CC(=O)N[C@H]1CCSc2ccccc21. The van der Waals surface area contributed by atoms with Crippen LogP contribution in [-0.4, -0.2) is 24.6 Å². The molecule has 2 aromatic rings. The summed E-state index contributed by atoms with van der Waals surface area (Å²) in [6.07, 6.45) is 1.11. The quantitative estimate of drug-likeness (QED) is 0.829. The molecule has 0 spiro atoms. The Labute approximate surface area is 152 Å². The van der Waals surface area contributed by atoms with Crippen LogP contribution in [0.1, 0.15) is 40.9 Å². The first-order chi connectivity index (χ1) is 12.1. The molecule has 1 N–H and O–H groups in total. The van der Waals surface area contributed by atoms with Crippen LogP contribution in [0.4, 0.5) is 0 Å². The molecule has 1 atom stereocenters. The fourth-order valence-corrected chi connectivity index (χ4v) is 4.17. The van der Waals surface area contributed by atoms with Gasteiger partial charge in [-0.3, -0.25) is 9.59 Å². The summed E-state index contributed by atoms with van der Waals surface area (Å²) in [4.78, 5) is 25.4. The van der Waals surface area contributed by atoms with Gasteiger partial charge >= 0.3 is 0 Å². The topological polar surface area (TPSA) is 55.4 Å². The highest BCUT2D eigenvalue weighted by molar-refractivity contribution is 7.99. The number of fused-ring (bicyclic) bond motifs is 1. The number of carbonyl (C=O) groups is 2. The van der Waals surface area contributed by atoms with Crippen LogP contribution in [0.3, 0.4) is 0 Å². The Balaban J connectivity index is 1.75. The number of methoxy groups -OCH3 is 1. The van der Waals surface area contributed by atoms with Gasteiger partial charge in [0.1, 0.15) is 5.75 Å². The van der Waals surface area contributed by atoms with Gasteiger partial charge in [-0.1, -0.05) is 18.2 Å². The minimum atomic E-state index is -0.0642. The van der Waals surface area contributed by atoms with Crippen molar-refractivity contribution in [2.24, 2.45) is 0 Å². The first kappa shape index (κ1) is 17.5. The van der Waals surface area contributed by atoms with E-state index in [1.807, 2.05) is 23.9 Å². The third-order valence-corrected chi connectivity index (χ3v) is 5.45. The van der Waals surface area contributed by atoms with Crippen molar-refractivity contribution in [2.45, 2.75) is 30.7 Å². The summed E-state index contributed by atoms with van der Waals surface area (Å²) in [5.41, 5.74) is 2.49. The molecule has 130 valence electrons. The first-order valence-electron chi connectivity index (χ1n) is 8.27. The molecule has 1 amide bonds. The van der Waals surface area contributed by atoms with Crippen molar-refractivity contribution in [2.75, 3.05) is 12.9 Å². The Morgan fingerprint density at radius 2 is 2.04 bits per heavy atom. The number of Topliss-reactive ketones (excluding diaryl/α,β-unsaturated/α-hetero) is 1. The highest BCUT2D eigenvalue weighted by atomic mass is 32.2. The van der Waals surface area contributed by atoms with Gasteiger partial charge in [-0.15, -0.1) is 11.8 Å². The lowest BCUT2D eigenvalue weighted by Gasteiger charge is -2.26. The van der Waals surface area contributed by atoms with Gasteiger partial charge in [-0.2, -0.15) is 0 Å². The summed E-state index contributed by atoms with van der Waals surface area (Å²) in [5.74, 6) is 1.53. The maximum Gasteiger partial charge on any atom is 0.225 e. The standard InChI is InChI=1S/C20H21NO3S/c1-13(22)14-7-8-18(24-2)15(11-14)12-20(23)21-17-9-10-25-19-6-4-3-5-16(17)19/h3-8,11,17H,9-10,12H2,1-2H3,(H,21,23)/t17-/m0/s1.